The van der Waals surface area contributed by atoms with Crippen LogP contribution in [0.3, 0.4) is 0 Å². The number of urea groups is 1. The van der Waals surface area contributed by atoms with E-state index in [9.17, 15) is 29.6 Å². The van der Waals surface area contributed by atoms with Gasteiger partial charge in [-0.05, 0) is 51.8 Å². The predicted molar refractivity (Wildman–Crippen MR) is 106 cm³/mol. The number of rotatable bonds is 3. The van der Waals surface area contributed by atoms with Gasteiger partial charge >= 0.3 is 11.7 Å². The van der Waals surface area contributed by atoms with E-state index < -0.39 is 39.8 Å². The van der Waals surface area contributed by atoms with E-state index in [1.165, 1.54) is 18.2 Å². The number of carbonyl (C=O) groups excluding carboxylic acids is 3. The molecule has 28 heavy (non-hydrogen) atoms. The van der Waals surface area contributed by atoms with Crippen LogP contribution in [0.25, 0.3) is 6.08 Å². The van der Waals surface area contributed by atoms with Gasteiger partial charge < -0.3 is 5.11 Å². The van der Waals surface area contributed by atoms with Crippen LogP contribution in [0.15, 0.2) is 50.9 Å². The fourth-order valence-electron chi connectivity index (χ4n) is 2.50. The van der Waals surface area contributed by atoms with Gasteiger partial charge in [0.15, 0.2) is 0 Å². The summed E-state index contributed by atoms with van der Waals surface area (Å²) >= 11 is 6.23. The molecule has 0 unspecified atom stereocenters. The Kier molecular flexibility index (Phi) is 5.29. The summed E-state index contributed by atoms with van der Waals surface area (Å²) in [6.07, 6.45) is 1.10. The molecule has 1 aliphatic heterocycles. The third kappa shape index (κ3) is 3.66. The molecule has 0 atom stereocenters. The highest BCUT2D eigenvalue weighted by Crippen LogP contribution is 2.36. The van der Waals surface area contributed by atoms with Gasteiger partial charge in [0.1, 0.15) is 5.57 Å². The number of aromatic hydroxyl groups is 1. The Morgan fingerprint density at radius 2 is 1.86 bits per heavy atom. The number of nitro groups is 1. The molecule has 1 heterocycles. The zero-order valence-electron chi connectivity index (χ0n) is 13.7. The Labute approximate surface area is 174 Å². The normalized spacial score (nSPS) is 15.7. The molecule has 0 saturated carbocycles. The van der Waals surface area contributed by atoms with E-state index in [1.807, 2.05) is 0 Å². The number of nitrogens with one attached hydrogen (secondary N) is 1. The third-order valence-electron chi connectivity index (χ3n) is 3.74. The van der Waals surface area contributed by atoms with Crippen LogP contribution in [0.5, 0.6) is 5.75 Å². The number of phenols is 1. The highest BCUT2D eigenvalue weighted by molar-refractivity contribution is 9.10. The number of carbonyl (C=O) groups is 3. The summed E-state index contributed by atoms with van der Waals surface area (Å²) in [7, 11) is 0. The molecule has 2 N–H and O–H groups in total. The number of hydrogen-bond donors (Lipinski definition) is 2. The summed E-state index contributed by atoms with van der Waals surface area (Å²) < 4.78 is 0.628. The van der Waals surface area contributed by atoms with Crippen molar-refractivity contribution in [1.82, 2.24) is 5.32 Å². The lowest BCUT2D eigenvalue weighted by molar-refractivity contribution is -0.386. The molecule has 0 radical (unpaired) electrons. The highest BCUT2D eigenvalue weighted by Gasteiger charge is 2.37. The molecule has 1 aliphatic rings. The minimum absolute atomic E-state index is 0.0112. The number of anilines is 1. The van der Waals surface area contributed by atoms with Crippen LogP contribution in [0.2, 0.25) is 0 Å². The maximum atomic E-state index is 12.8. The van der Waals surface area contributed by atoms with E-state index in [4.69, 9.17) is 0 Å². The average Bonchev–Trinajstić information content (AvgIpc) is 2.61. The van der Waals surface area contributed by atoms with Crippen molar-refractivity contribution in [3.05, 3.63) is 66.6 Å². The Bertz CT molecular complexity index is 1080. The van der Waals surface area contributed by atoms with Gasteiger partial charge in [-0.2, -0.15) is 0 Å². The first-order valence-electron chi connectivity index (χ1n) is 7.53. The number of halogens is 2. The summed E-state index contributed by atoms with van der Waals surface area (Å²) in [5.74, 6) is -2.41. The summed E-state index contributed by atoms with van der Waals surface area (Å²) in [4.78, 5) is 48.2. The second-order valence-electron chi connectivity index (χ2n) is 5.57. The van der Waals surface area contributed by atoms with Crippen molar-refractivity contribution in [2.45, 2.75) is 0 Å². The number of benzene rings is 2. The van der Waals surface area contributed by atoms with Crippen LogP contribution < -0.4 is 10.2 Å². The lowest BCUT2D eigenvalue weighted by Crippen LogP contribution is -2.54. The fourth-order valence-corrected chi connectivity index (χ4v) is 3.36. The molecule has 0 aliphatic carbocycles. The number of hydrogen-bond acceptors (Lipinski definition) is 6. The molecule has 11 heteroatoms. The van der Waals surface area contributed by atoms with Gasteiger partial charge in [-0.15, -0.1) is 0 Å². The number of imide groups is 2. The zero-order chi connectivity index (χ0) is 20.6. The fraction of sp³-hybridized carbons (Fsp3) is 0. The second kappa shape index (κ2) is 7.52. The molecule has 9 nitrogen and oxygen atoms in total. The van der Waals surface area contributed by atoms with Gasteiger partial charge in [0.05, 0.1) is 15.1 Å². The molecule has 1 saturated heterocycles. The van der Waals surface area contributed by atoms with Crippen LogP contribution in [0.1, 0.15) is 5.56 Å². The van der Waals surface area contributed by atoms with E-state index in [0.717, 1.165) is 17.0 Å². The molecular weight excluding hydrogens is 502 g/mol. The molecule has 4 amide bonds. The van der Waals surface area contributed by atoms with E-state index in [2.05, 4.69) is 37.2 Å². The SMILES string of the molecule is O=C1NC(=O)N(c2cccc(Br)c2)C(=O)/C1=C/c1cc(Br)c(O)c([N+](=O)[O-])c1. The monoisotopic (exact) mass is 509 g/mol. The molecule has 0 bridgehead atoms. The number of amides is 4. The van der Waals surface area contributed by atoms with Gasteiger partial charge in [0, 0.05) is 10.5 Å². The van der Waals surface area contributed by atoms with Crippen molar-refractivity contribution in [3.8, 4) is 5.75 Å². The smallest absolute Gasteiger partial charge is 0.335 e. The molecule has 0 aromatic heterocycles. The highest BCUT2D eigenvalue weighted by atomic mass is 79.9. The number of barbiturate groups is 1. The molecule has 3 rings (SSSR count). The van der Waals surface area contributed by atoms with Gasteiger partial charge in [-0.3, -0.25) is 25.0 Å². The molecule has 2 aromatic carbocycles. The Morgan fingerprint density at radius 1 is 1.14 bits per heavy atom. The predicted octanol–water partition coefficient (Wildman–Crippen LogP) is 3.49. The second-order valence-corrected chi connectivity index (χ2v) is 7.34. The van der Waals surface area contributed by atoms with Crippen LogP contribution in [0.4, 0.5) is 16.2 Å². The quantitative estimate of drug-likeness (QED) is 0.281. The molecule has 1 fully saturated rings. The average molecular weight is 511 g/mol. The Hall–Kier alpha value is -3.05. The maximum absolute atomic E-state index is 12.8. The lowest BCUT2D eigenvalue weighted by Gasteiger charge is -2.26. The van der Waals surface area contributed by atoms with Crippen molar-refractivity contribution < 1.29 is 24.4 Å². The summed E-state index contributed by atoms with van der Waals surface area (Å²) in [5, 5.41) is 22.9. The van der Waals surface area contributed by atoms with Gasteiger partial charge in [-0.25, -0.2) is 9.69 Å². The third-order valence-corrected chi connectivity index (χ3v) is 4.84. The first kappa shape index (κ1) is 19.7. The zero-order valence-corrected chi connectivity index (χ0v) is 16.9. The number of phenolic OH excluding ortho intramolecular Hbond substituents is 1. The largest absolute Gasteiger partial charge is 0.501 e. The molecule has 2 aromatic rings. The summed E-state index contributed by atoms with van der Waals surface area (Å²) in [5.41, 5.74) is -0.664. The van der Waals surface area contributed by atoms with Gasteiger partial charge in [0.2, 0.25) is 5.75 Å². The van der Waals surface area contributed by atoms with Gasteiger partial charge in [-0.1, -0.05) is 22.0 Å². The number of nitro benzene ring substituents is 1. The summed E-state index contributed by atoms with van der Waals surface area (Å²) in [6.45, 7) is 0. The van der Waals surface area contributed by atoms with Crippen molar-refractivity contribution in [2.75, 3.05) is 4.90 Å². The molecule has 0 spiro atoms. The standard InChI is InChI=1S/C17H9Br2N3O6/c18-9-2-1-3-10(7-9)21-16(25)11(15(24)20-17(21)26)4-8-5-12(19)14(23)13(6-8)22(27)28/h1-7,23H,(H,20,24,26)/b11-4+. The van der Waals surface area contributed by atoms with Crippen LogP contribution in [0, 0.1) is 10.1 Å². The Balaban J connectivity index is 2.08. The summed E-state index contributed by atoms with van der Waals surface area (Å²) in [6, 6.07) is 7.74. The van der Waals surface area contributed by atoms with Crippen molar-refractivity contribution in [3.63, 3.8) is 0 Å². The van der Waals surface area contributed by atoms with E-state index in [0.29, 0.717) is 4.47 Å². The van der Waals surface area contributed by atoms with Crippen LogP contribution in [-0.2, 0) is 9.59 Å². The van der Waals surface area contributed by atoms with E-state index in [-0.39, 0.29) is 15.7 Å². The molecular formula is C17H9Br2N3O6. The van der Waals surface area contributed by atoms with Gasteiger partial charge in [0.25, 0.3) is 11.8 Å². The molecule has 142 valence electrons. The maximum Gasteiger partial charge on any atom is 0.335 e. The van der Waals surface area contributed by atoms with E-state index in [1.54, 1.807) is 12.1 Å². The van der Waals surface area contributed by atoms with Crippen molar-refractivity contribution >= 4 is 67.2 Å². The lowest BCUT2D eigenvalue weighted by atomic mass is 10.1. The minimum Gasteiger partial charge on any atom is -0.501 e. The Morgan fingerprint density at radius 3 is 2.50 bits per heavy atom. The van der Waals surface area contributed by atoms with Crippen molar-refractivity contribution in [2.24, 2.45) is 0 Å². The topological polar surface area (TPSA) is 130 Å². The first-order chi connectivity index (χ1) is 13.2. The number of nitrogens with zero attached hydrogens (tertiary/aromatic N) is 2. The first-order valence-corrected chi connectivity index (χ1v) is 9.11. The minimum atomic E-state index is -0.937. The van der Waals surface area contributed by atoms with Crippen molar-refractivity contribution in [1.29, 1.82) is 0 Å². The van der Waals surface area contributed by atoms with Crippen LogP contribution >= 0.6 is 31.9 Å². The van der Waals surface area contributed by atoms with E-state index >= 15 is 0 Å². The van der Waals surface area contributed by atoms with Crippen LogP contribution in [-0.4, -0.2) is 27.9 Å².